The normalized spacial score (nSPS) is 17.9. The lowest BCUT2D eigenvalue weighted by Gasteiger charge is -2.25. The molecule has 0 bridgehead atoms. The molecule has 4 N–H and O–H groups in total. The van der Waals surface area contributed by atoms with E-state index in [1.807, 2.05) is 19.0 Å². The largest absolute Gasteiger partial charge is 0.507 e. The minimum absolute atomic E-state index is 0.162. The molecule has 8 nitrogen and oxygen atoms in total. The van der Waals surface area contributed by atoms with Crippen LogP contribution in [-0.2, 0) is 0 Å². The molecule has 1 unspecified atom stereocenters. The van der Waals surface area contributed by atoms with Crippen molar-refractivity contribution in [1.82, 2.24) is 9.80 Å². The molecule has 1 atom stereocenters. The predicted octanol–water partition coefficient (Wildman–Crippen LogP) is 2.57. The number of carbonyl (C=O) groups is 2. The Morgan fingerprint density at radius 3 is 1.97 bits per heavy atom. The zero-order chi connectivity index (χ0) is 23.7. The van der Waals surface area contributed by atoms with Gasteiger partial charge in [0, 0.05) is 49.5 Å². The molecule has 2 aromatic rings. The van der Waals surface area contributed by atoms with Gasteiger partial charge in [-0.3, -0.25) is 9.59 Å². The van der Waals surface area contributed by atoms with Gasteiger partial charge in [0.15, 0.2) is 0 Å². The lowest BCUT2D eigenvalue weighted by atomic mass is 9.81. The van der Waals surface area contributed by atoms with Gasteiger partial charge in [0.2, 0.25) is 11.6 Å². The van der Waals surface area contributed by atoms with Crippen molar-refractivity contribution in [2.75, 3.05) is 64.0 Å². The van der Waals surface area contributed by atoms with Crippen molar-refractivity contribution in [1.29, 1.82) is 0 Å². The summed E-state index contributed by atoms with van der Waals surface area (Å²) >= 11 is 6.19. The van der Waals surface area contributed by atoms with E-state index in [9.17, 15) is 19.8 Å². The Kier molecular flexibility index (Phi) is 6.78. The molecule has 4 rings (SSSR count). The number of benzene rings is 2. The molecule has 0 amide bonds. The summed E-state index contributed by atoms with van der Waals surface area (Å²) in [5, 5.41) is 27.4. The van der Waals surface area contributed by atoms with Gasteiger partial charge in [0.25, 0.3) is 0 Å². The van der Waals surface area contributed by atoms with Crippen molar-refractivity contribution >= 4 is 34.5 Å². The van der Waals surface area contributed by atoms with Crippen LogP contribution >= 0.6 is 11.6 Å². The third kappa shape index (κ3) is 4.64. The van der Waals surface area contributed by atoms with E-state index in [2.05, 4.69) is 15.5 Å². The Hall–Kier alpha value is -2.81. The predicted molar refractivity (Wildman–Crippen MR) is 129 cm³/mol. The average molecular weight is 473 g/mol. The smallest absolute Gasteiger partial charge is 0.200 e. The van der Waals surface area contributed by atoms with E-state index in [4.69, 9.17) is 11.6 Å². The molecule has 0 saturated carbocycles. The molecule has 1 saturated heterocycles. The number of alkyl halides is 1. The van der Waals surface area contributed by atoms with Crippen molar-refractivity contribution in [3.05, 3.63) is 46.5 Å². The van der Waals surface area contributed by atoms with Gasteiger partial charge in [-0.1, -0.05) is 0 Å². The van der Waals surface area contributed by atoms with E-state index in [0.717, 1.165) is 32.6 Å². The van der Waals surface area contributed by atoms with Crippen molar-refractivity contribution in [3.63, 3.8) is 0 Å². The quantitative estimate of drug-likeness (QED) is 0.293. The van der Waals surface area contributed by atoms with E-state index < -0.39 is 11.6 Å². The second-order valence-electron chi connectivity index (χ2n) is 8.77. The topological polar surface area (TPSA) is 105 Å². The lowest BCUT2D eigenvalue weighted by Crippen LogP contribution is -2.29. The van der Waals surface area contributed by atoms with Gasteiger partial charge in [-0.25, -0.2) is 0 Å². The fourth-order valence-electron chi connectivity index (χ4n) is 4.41. The molecular weight excluding hydrogens is 444 g/mol. The fourth-order valence-corrected chi connectivity index (χ4v) is 4.70. The fraction of sp³-hybridized carbons (Fsp3) is 0.417. The van der Waals surface area contributed by atoms with Gasteiger partial charge < -0.3 is 30.6 Å². The molecule has 0 spiro atoms. The van der Waals surface area contributed by atoms with Gasteiger partial charge in [-0.05, 0) is 51.3 Å². The van der Waals surface area contributed by atoms with Gasteiger partial charge >= 0.3 is 0 Å². The highest BCUT2D eigenvalue weighted by atomic mass is 35.5. The molecule has 2 aromatic carbocycles. The molecule has 0 aromatic heterocycles. The summed E-state index contributed by atoms with van der Waals surface area (Å²) in [6, 6.07) is 6.01. The molecule has 9 heteroatoms. The highest BCUT2D eigenvalue weighted by molar-refractivity contribution is 6.33. The number of carbonyl (C=O) groups excluding carboxylic acids is 2. The van der Waals surface area contributed by atoms with Gasteiger partial charge in [-0.2, -0.15) is 0 Å². The van der Waals surface area contributed by atoms with E-state index in [1.165, 1.54) is 12.1 Å². The van der Waals surface area contributed by atoms with E-state index >= 15 is 0 Å². The lowest BCUT2D eigenvalue weighted by molar-refractivity contribution is 0.0975. The highest BCUT2D eigenvalue weighted by Crippen LogP contribution is 2.42. The number of likely N-dealkylation sites (N-methyl/N-ethyl adjacent to an activating group) is 1. The summed E-state index contributed by atoms with van der Waals surface area (Å²) in [6.07, 6.45) is 0.955. The first-order valence-corrected chi connectivity index (χ1v) is 11.5. The molecule has 1 aliphatic heterocycles. The molecule has 1 fully saturated rings. The first kappa shape index (κ1) is 23.4. The SMILES string of the molecule is CN(C)CCNc1ccc(NCCN2CCC(Cl)C2)c2c1C(=O)c1c(O)ccc(O)c1C2=O. The first-order valence-electron chi connectivity index (χ1n) is 11.1. The highest BCUT2D eigenvalue weighted by Gasteiger charge is 2.38. The maximum Gasteiger partial charge on any atom is 0.200 e. The third-order valence-corrected chi connectivity index (χ3v) is 6.46. The number of nitrogens with zero attached hydrogens (tertiary/aromatic N) is 2. The molecule has 176 valence electrons. The van der Waals surface area contributed by atoms with Crippen LogP contribution in [0.2, 0.25) is 0 Å². The molecule has 1 heterocycles. The zero-order valence-corrected chi connectivity index (χ0v) is 19.6. The van der Waals surface area contributed by atoms with Crippen LogP contribution in [0.15, 0.2) is 24.3 Å². The number of likely N-dealkylation sites (tertiary alicyclic amines) is 1. The van der Waals surface area contributed by atoms with Crippen molar-refractivity contribution < 1.29 is 19.8 Å². The third-order valence-electron chi connectivity index (χ3n) is 6.11. The summed E-state index contributed by atoms with van der Waals surface area (Å²) in [5.74, 6) is -1.63. The number of phenols is 2. The maximum absolute atomic E-state index is 13.5. The second kappa shape index (κ2) is 9.59. The van der Waals surface area contributed by atoms with Crippen LogP contribution in [0.3, 0.4) is 0 Å². The number of anilines is 2. The van der Waals surface area contributed by atoms with Crippen LogP contribution < -0.4 is 10.6 Å². The minimum atomic E-state index is -0.492. The molecule has 0 radical (unpaired) electrons. The summed E-state index contributed by atoms with van der Waals surface area (Å²) < 4.78 is 0. The Labute approximate surface area is 198 Å². The number of hydrogen-bond acceptors (Lipinski definition) is 8. The van der Waals surface area contributed by atoms with Crippen molar-refractivity contribution in [2.45, 2.75) is 11.8 Å². The maximum atomic E-state index is 13.5. The Balaban J connectivity index is 1.69. The van der Waals surface area contributed by atoms with Crippen molar-refractivity contribution in [3.8, 4) is 11.5 Å². The monoisotopic (exact) mass is 472 g/mol. The minimum Gasteiger partial charge on any atom is -0.507 e. The Morgan fingerprint density at radius 2 is 1.48 bits per heavy atom. The number of phenolic OH excluding ortho intramolecular Hbond substituents is 2. The zero-order valence-electron chi connectivity index (χ0n) is 18.8. The van der Waals surface area contributed by atoms with Crippen LogP contribution in [0.5, 0.6) is 11.5 Å². The van der Waals surface area contributed by atoms with E-state index in [1.54, 1.807) is 12.1 Å². The average Bonchev–Trinajstić information content (AvgIpc) is 3.18. The summed E-state index contributed by atoms with van der Waals surface area (Å²) in [6.45, 7) is 4.39. The number of hydrogen-bond donors (Lipinski definition) is 4. The standard InChI is InChI=1S/C24H29ClN4O4/c1-28(2)11-8-26-15-3-4-16(27-9-12-29-10-7-14(25)13-29)20-19(15)23(32)21-17(30)5-6-18(31)22(21)24(20)33/h3-6,14,26-27,30-31H,7-13H2,1-2H3. The molecule has 1 aliphatic carbocycles. The van der Waals surface area contributed by atoms with Crippen LogP contribution in [-0.4, -0.2) is 90.3 Å². The molecule has 2 aliphatic rings. The van der Waals surface area contributed by atoms with Gasteiger partial charge in [0.1, 0.15) is 11.5 Å². The van der Waals surface area contributed by atoms with Crippen LogP contribution in [0, 0.1) is 0 Å². The number of aromatic hydroxyl groups is 2. The van der Waals surface area contributed by atoms with Gasteiger partial charge in [0.05, 0.1) is 22.3 Å². The Morgan fingerprint density at radius 1 is 0.939 bits per heavy atom. The molecule has 33 heavy (non-hydrogen) atoms. The number of rotatable bonds is 8. The number of nitrogens with one attached hydrogen (secondary N) is 2. The van der Waals surface area contributed by atoms with Gasteiger partial charge in [-0.15, -0.1) is 11.6 Å². The summed E-state index contributed by atoms with van der Waals surface area (Å²) in [5.41, 5.74) is 1.14. The van der Waals surface area contributed by atoms with Crippen molar-refractivity contribution in [2.24, 2.45) is 0 Å². The number of halogens is 1. The van der Waals surface area contributed by atoms with E-state index in [0.29, 0.717) is 24.5 Å². The Bertz CT molecular complexity index is 1090. The first-order chi connectivity index (χ1) is 15.8. The summed E-state index contributed by atoms with van der Waals surface area (Å²) in [4.78, 5) is 31.3. The number of ketones is 2. The number of fused-ring (bicyclic) bond motifs is 2. The van der Waals surface area contributed by atoms with Crippen LogP contribution in [0.25, 0.3) is 0 Å². The van der Waals surface area contributed by atoms with E-state index in [-0.39, 0.29) is 39.1 Å². The van der Waals surface area contributed by atoms with Crippen LogP contribution in [0.1, 0.15) is 38.3 Å². The molecular formula is C24H29ClN4O4. The van der Waals surface area contributed by atoms with Crippen LogP contribution in [0.4, 0.5) is 11.4 Å². The summed E-state index contributed by atoms with van der Waals surface area (Å²) in [7, 11) is 3.89. The second-order valence-corrected chi connectivity index (χ2v) is 9.38.